The van der Waals surface area contributed by atoms with Crippen LogP contribution < -0.4 is 0 Å². The van der Waals surface area contributed by atoms with E-state index in [9.17, 15) is 26.3 Å². The van der Waals surface area contributed by atoms with Gasteiger partial charge in [-0.1, -0.05) is 15.9 Å². The SMILES string of the molecule is FC(F)(F)c1ccc(I)c(CBr)c1C(F)(F)F. The normalized spacial score (nSPS) is 12.9. The molecule has 0 fully saturated rings. The molecule has 0 aliphatic rings. The molecule has 0 nitrogen and oxygen atoms in total. The molecular formula is C9H4BrF6I. The van der Waals surface area contributed by atoms with E-state index in [1.807, 2.05) is 0 Å². The van der Waals surface area contributed by atoms with Gasteiger partial charge in [0.2, 0.25) is 0 Å². The first-order valence-electron chi connectivity index (χ1n) is 4.10. The Labute approximate surface area is 115 Å². The Morgan fingerprint density at radius 3 is 1.88 bits per heavy atom. The second kappa shape index (κ2) is 4.94. The van der Waals surface area contributed by atoms with Crippen LogP contribution in [0.5, 0.6) is 0 Å². The Kier molecular flexibility index (Phi) is 4.38. The molecule has 0 unspecified atom stereocenters. The fourth-order valence-corrected chi connectivity index (χ4v) is 3.06. The minimum atomic E-state index is -5.03. The number of benzene rings is 1. The summed E-state index contributed by atoms with van der Waals surface area (Å²) in [6.45, 7) is 0. The Bertz CT molecular complexity index is 423. The predicted molar refractivity (Wildman–Crippen MR) is 61.8 cm³/mol. The second-order valence-corrected chi connectivity index (χ2v) is 4.80. The van der Waals surface area contributed by atoms with Crippen molar-refractivity contribution in [2.75, 3.05) is 0 Å². The molecule has 0 saturated heterocycles. The zero-order valence-corrected chi connectivity index (χ0v) is 11.6. The van der Waals surface area contributed by atoms with Crippen molar-refractivity contribution in [3.8, 4) is 0 Å². The molecule has 1 rings (SSSR count). The number of rotatable bonds is 1. The lowest BCUT2D eigenvalue weighted by Crippen LogP contribution is -2.19. The van der Waals surface area contributed by atoms with E-state index < -0.39 is 29.0 Å². The van der Waals surface area contributed by atoms with Crippen molar-refractivity contribution in [2.45, 2.75) is 17.7 Å². The fourth-order valence-electron chi connectivity index (χ4n) is 1.31. The lowest BCUT2D eigenvalue weighted by Gasteiger charge is -2.19. The highest BCUT2D eigenvalue weighted by molar-refractivity contribution is 14.1. The summed E-state index contributed by atoms with van der Waals surface area (Å²) in [6, 6.07) is 1.48. The van der Waals surface area contributed by atoms with Gasteiger partial charge in [-0.25, -0.2) is 0 Å². The quantitative estimate of drug-likeness (QED) is 0.324. The highest BCUT2D eigenvalue weighted by atomic mass is 127. The van der Waals surface area contributed by atoms with Crippen molar-refractivity contribution in [2.24, 2.45) is 0 Å². The zero-order valence-electron chi connectivity index (χ0n) is 7.89. The third-order valence-electron chi connectivity index (χ3n) is 1.98. The van der Waals surface area contributed by atoms with E-state index in [2.05, 4.69) is 15.9 Å². The van der Waals surface area contributed by atoms with Crippen molar-refractivity contribution < 1.29 is 26.3 Å². The van der Waals surface area contributed by atoms with Gasteiger partial charge >= 0.3 is 12.4 Å². The summed E-state index contributed by atoms with van der Waals surface area (Å²) in [5.41, 5.74) is -3.67. The third-order valence-corrected chi connectivity index (χ3v) is 3.55. The van der Waals surface area contributed by atoms with Crippen LogP contribution in [0.15, 0.2) is 12.1 Å². The first kappa shape index (κ1) is 15.1. The van der Waals surface area contributed by atoms with Crippen molar-refractivity contribution in [1.82, 2.24) is 0 Å². The topological polar surface area (TPSA) is 0 Å². The Morgan fingerprint density at radius 2 is 1.53 bits per heavy atom. The lowest BCUT2D eigenvalue weighted by molar-refractivity contribution is -0.162. The molecule has 0 aliphatic carbocycles. The van der Waals surface area contributed by atoms with E-state index in [-0.39, 0.29) is 8.90 Å². The van der Waals surface area contributed by atoms with Gasteiger partial charge in [0.15, 0.2) is 0 Å². The summed E-state index contributed by atoms with van der Waals surface area (Å²) in [7, 11) is 0. The third kappa shape index (κ3) is 3.27. The molecular weight excluding hydrogens is 429 g/mol. The summed E-state index contributed by atoms with van der Waals surface area (Å²) in [5, 5.41) is -0.288. The second-order valence-electron chi connectivity index (χ2n) is 3.08. The number of alkyl halides is 7. The average molecular weight is 433 g/mol. The Hall–Kier alpha value is 0.01000. The molecule has 0 aromatic heterocycles. The van der Waals surface area contributed by atoms with E-state index in [0.717, 1.165) is 6.07 Å². The van der Waals surface area contributed by atoms with Crippen molar-refractivity contribution in [3.63, 3.8) is 0 Å². The molecule has 17 heavy (non-hydrogen) atoms. The first-order chi connectivity index (χ1) is 7.59. The van der Waals surface area contributed by atoms with Crippen molar-refractivity contribution >= 4 is 38.5 Å². The molecule has 0 amide bonds. The molecule has 0 radical (unpaired) electrons. The maximum atomic E-state index is 12.7. The maximum Gasteiger partial charge on any atom is 0.417 e. The Balaban J connectivity index is 3.64. The Morgan fingerprint density at radius 1 is 1.00 bits per heavy atom. The van der Waals surface area contributed by atoms with E-state index in [1.54, 1.807) is 22.6 Å². The standard InChI is InChI=1S/C9H4BrF6I/c10-3-4-6(17)2-1-5(8(11,12)13)7(4)9(14,15)16/h1-2H,3H2. The lowest BCUT2D eigenvalue weighted by atomic mass is 10.0. The molecule has 1 aromatic carbocycles. The molecule has 96 valence electrons. The van der Waals surface area contributed by atoms with Crippen LogP contribution in [-0.4, -0.2) is 0 Å². The number of hydrogen-bond donors (Lipinski definition) is 0. The summed E-state index contributed by atoms with van der Waals surface area (Å²) in [4.78, 5) is 0. The van der Waals surface area contributed by atoms with Gasteiger partial charge in [0.25, 0.3) is 0 Å². The van der Waals surface area contributed by atoms with Gasteiger partial charge in [-0.05, 0) is 40.3 Å². The minimum absolute atomic E-state index is 0.139. The predicted octanol–water partition coefficient (Wildman–Crippen LogP) is 5.22. The fraction of sp³-hybridized carbons (Fsp3) is 0.333. The highest BCUT2D eigenvalue weighted by Crippen LogP contribution is 2.43. The molecule has 0 spiro atoms. The number of halogens is 8. The van der Waals surface area contributed by atoms with E-state index in [4.69, 9.17) is 0 Å². The molecule has 0 N–H and O–H groups in total. The highest BCUT2D eigenvalue weighted by Gasteiger charge is 2.44. The van der Waals surface area contributed by atoms with Crippen LogP contribution in [0, 0.1) is 3.57 Å². The molecule has 0 atom stereocenters. The average Bonchev–Trinajstić information content (AvgIpc) is 2.13. The van der Waals surface area contributed by atoms with E-state index in [0.29, 0.717) is 6.07 Å². The van der Waals surface area contributed by atoms with Gasteiger partial charge in [0.1, 0.15) is 0 Å². The summed E-state index contributed by atoms with van der Waals surface area (Å²) in [5.74, 6) is 0. The zero-order chi connectivity index (χ0) is 13.4. The largest absolute Gasteiger partial charge is 0.417 e. The van der Waals surface area contributed by atoms with Crippen LogP contribution in [0.3, 0.4) is 0 Å². The number of hydrogen-bond acceptors (Lipinski definition) is 0. The van der Waals surface area contributed by atoms with Crippen LogP contribution in [0.1, 0.15) is 16.7 Å². The van der Waals surface area contributed by atoms with E-state index in [1.165, 1.54) is 0 Å². The summed E-state index contributed by atoms with van der Waals surface area (Å²) < 4.78 is 75.7. The van der Waals surface area contributed by atoms with Crippen LogP contribution in [-0.2, 0) is 17.7 Å². The summed E-state index contributed by atoms with van der Waals surface area (Å²) in [6.07, 6.45) is -10.1. The van der Waals surface area contributed by atoms with Crippen molar-refractivity contribution in [3.05, 3.63) is 32.4 Å². The molecule has 0 aliphatic heterocycles. The van der Waals surface area contributed by atoms with Crippen LogP contribution in [0.2, 0.25) is 0 Å². The first-order valence-corrected chi connectivity index (χ1v) is 6.30. The molecule has 0 heterocycles. The minimum Gasteiger partial charge on any atom is -0.166 e. The van der Waals surface area contributed by atoms with Crippen LogP contribution in [0.4, 0.5) is 26.3 Å². The molecule has 1 aromatic rings. The molecule has 0 bridgehead atoms. The van der Waals surface area contributed by atoms with Crippen LogP contribution >= 0.6 is 38.5 Å². The smallest absolute Gasteiger partial charge is 0.166 e. The van der Waals surface area contributed by atoms with Gasteiger partial charge in [0, 0.05) is 8.90 Å². The monoisotopic (exact) mass is 432 g/mol. The van der Waals surface area contributed by atoms with E-state index >= 15 is 0 Å². The maximum absolute atomic E-state index is 12.7. The van der Waals surface area contributed by atoms with Crippen LogP contribution in [0.25, 0.3) is 0 Å². The summed E-state index contributed by atoms with van der Waals surface area (Å²) >= 11 is 4.35. The van der Waals surface area contributed by atoms with Gasteiger partial charge in [-0.3, -0.25) is 0 Å². The van der Waals surface area contributed by atoms with Gasteiger partial charge in [0.05, 0.1) is 11.1 Å². The van der Waals surface area contributed by atoms with Gasteiger partial charge < -0.3 is 0 Å². The molecule has 8 heteroatoms. The van der Waals surface area contributed by atoms with Gasteiger partial charge in [-0.2, -0.15) is 26.3 Å². The van der Waals surface area contributed by atoms with Crippen molar-refractivity contribution in [1.29, 1.82) is 0 Å². The van der Waals surface area contributed by atoms with Gasteiger partial charge in [-0.15, -0.1) is 0 Å². The molecule has 0 saturated carbocycles.